The fraction of sp³-hybridized carbons (Fsp3) is 0. The summed E-state index contributed by atoms with van der Waals surface area (Å²) in [6.45, 7) is 0. The smallest absolute Gasteiger partial charge is 0.340 e. The number of carboxylic acids is 1. The number of phenols is 1. The number of carbonyl (C=O) groups is 1. The van der Waals surface area contributed by atoms with Crippen LogP contribution in [0, 0.1) is 0 Å². The number of H-pyrrole nitrogens is 1. The molecular formula is C10H7BrN2O3. The maximum absolute atomic E-state index is 11.0. The molecule has 5 nitrogen and oxygen atoms in total. The van der Waals surface area contributed by atoms with Crippen molar-refractivity contribution in [3.05, 3.63) is 34.4 Å². The zero-order valence-corrected chi connectivity index (χ0v) is 9.52. The second kappa shape index (κ2) is 3.97. The van der Waals surface area contributed by atoms with Gasteiger partial charge in [-0.1, -0.05) is 0 Å². The van der Waals surface area contributed by atoms with E-state index in [-0.39, 0.29) is 11.3 Å². The largest absolute Gasteiger partial charge is 0.508 e. The molecule has 82 valence electrons. The third-order valence-electron chi connectivity index (χ3n) is 2.08. The number of aromatic amines is 1. The van der Waals surface area contributed by atoms with Gasteiger partial charge in [-0.3, -0.25) is 5.10 Å². The molecule has 6 heteroatoms. The number of aromatic nitrogens is 2. The first kappa shape index (κ1) is 10.7. The van der Waals surface area contributed by atoms with Crippen molar-refractivity contribution in [2.24, 2.45) is 0 Å². The van der Waals surface area contributed by atoms with E-state index in [2.05, 4.69) is 26.1 Å². The minimum absolute atomic E-state index is 0.0747. The van der Waals surface area contributed by atoms with Crippen LogP contribution in [-0.4, -0.2) is 26.4 Å². The van der Waals surface area contributed by atoms with Gasteiger partial charge in [-0.05, 0) is 40.2 Å². The molecule has 0 fully saturated rings. The molecule has 3 N–H and O–H groups in total. The molecule has 2 rings (SSSR count). The van der Waals surface area contributed by atoms with Crippen molar-refractivity contribution >= 4 is 21.9 Å². The molecule has 0 aliphatic heterocycles. The number of hydrogen-bond acceptors (Lipinski definition) is 3. The van der Waals surface area contributed by atoms with E-state index >= 15 is 0 Å². The zero-order chi connectivity index (χ0) is 11.7. The average molecular weight is 283 g/mol. The third-order valence-corrected chi connectivity index (χ3v) is 2.65. The van der Waals surface area contributed by atoms with Crippen molar-refractivity contribution in [1.82, 2.24) is 10.2 Å². The summed E-state index contributed by atoms with van der Waals surface area (Å²) in [4.78, 5) is 11.0. The summed E-state index contributed by atoms with van der Waals surface area (Å²) in [5, 5.41) is 24.6. The van der Waals surface area contributed by atoms with Gasteiger partial charge in [0.1, 0.15) is 21.6 Å². The lowest BCUT2D eigenvalue weighted by atomic mass is 10.1. The molecule has 0 saturated heterocycles. The van der Waals surface area contributed by atoms with E-state index in [1.807, 2.05) is 0 Å². The number of hydrogen-bond donors (Lipinski definition) is 3. The van der Waals surface area contributed by atoms with Crippen molar-refractivity contribution < 1.29 is 15.0 Å². The monoisotopic (exact) mass is 282 g/mol. The molecule has 1 heterocycles. The number of nitrogens with zero attached hydrogens (tertiary/aromatic N) is 1. The molecule has 0 atom stereocenters. The molecule has 0 saturated carbocycles. The Morgan fingerprint density at radius 3 is 2.50 bits per heavy atom. The standard InChI is InChI=1S/C10H7BrN2O3/c11-9-7(10(15)16)8(12-13-9)5-1-3-6(14)4-2-5/h1-4,14H,(H,12,13)(H,15,16). The first-order valence-electron chi connectivity index (χ1n) is 4.36. The van der Waals surface area contributed by atoms with Gasteiger partial charge in [-0.2, -0.15) is 5.10 Å². The Bertz CT molecular complexity index is 533. The van der Waals surface area contributed by atoms with Gasteiger partial charge in [0.15, 0.2) is 0 Å². The van der Waals surface area contributed by atoms with Crippen molar-refractivity contribution in [2.45, 2.75) is 0 Å². The molecule has 16 heavy (non-hydrogen) atoms. The SMILES string of the molecule is O=C(O)c1c(-c2ccc(O)cc2)n[nH]c1Br. The number of halogens is 1. The molecule has 0 bridgehead atoms. The fourth-order valence-corrected chi connectivity index (χ4v) is 1.79. The first-order chi connectivity index (χ1) is 7.59. The molecule has 0 aliphatic rings. The van der Waals surface area contributed by atoms with Crippen LogP contribution >= 0.6 is 15.9 Å². The molecule has 0 unspecified atom stereocenters. The number of phenolic OH excluding ortho intramolecular Hbond substituents is 1. The number of aromatic carboxylic acids is 1. The van der Waals surface area contributed by atoms with Gasteiger partial charge >= 0.3 is 5.97 Å². The summed E-state index contributed by atoms with van der Waals surface area (Å²) < 4.78 is 0.322. The van der Waals surface area contributed by atoms with Crippen LogP contribution in [0.3, 0.4) is 0 Å². The van der Waals surface area contributed by atoms with Crippen LogP contribution in [0.4, 0.5) is 0 Å². The van der Waals surface area contributed by atoms with E-state index in [1.54, 1.807) is 12.1 Å². The van der Waals surface area contributed by atoms with Crippen LogP contribution in [0.5, 0.6) is 5.75 Å². The molecule has 1 aromatic carbocycles. The van der Waals surface area contributed by atoms with E-state index < -0.39 is 5.97 Å². The van der Waals surface area contributed by atoms with Gasteiger partial charge in [0, 0.05) is 5.56 Å². The third kappa shape index (κ3) is 1.79. The summed E-state index contributed by atoms with van der Waals surface area (Å²) in [6.07, 6.45) is 0. The van der Waals surface area contributed by atoms with Gasteiger partial charge in [0.05, 0.1) is 0 Å². The minimum Gasteiger partial charge on any atom is -0.508 e. The second-order valence-electron chi connectivity index (χ2n) is 3.11. The van der Waals surface area contributed by atoms with Crippen molar-refractivity contribution in [2.75, 3.05) is 0 Å². The Labute approximate surface area is 98.9 Å². The van der Waals surface area contributed by atoms with E-state index in [4.69, 9.17) is 10.2 Å². The topological polar surface area (TPSA) is 86.2 Å². The molecule has 1 aromatic heterocycles. The lowest BCUT2D eigenvalue weighted by molar-refractivity contribution is 0.0697. The highest BCUT2D eigenvalue weighted by atomic mass is 79.9. The Hall–Kier alpha value is -1.82. The lowest BCUT2D eigenvalue weighted by Gasteiger charge is -1.99. The molecule has 0 radical (unpaired) electrons. The van der Waals surface area contributed by atoms with Crippen LogP contribution < -0.4 is 0 Å². The maximum Gasteiger partial charge on any atom is 0.340 e. The molecule has 0 amide bonds. The van der Waals surface area contributed by atoms with E-state index in [0.29, 0.717) is 15.9 Å². The number of aromatic hydroxyl groups is 1. The highest BCUT2D eigenvalue weighted by molar-refractivity contribution is 9.10. The molecule has 0 aliphatic carbocycles. The van der Waals surface area contributed by atoms with Crippen molar-refractivity contribution in [3.63, 3.8) is 0 Å². The minimum atomic E-state index is -1.07. The predicted molar refractivity (Wildman–Crippen MR) is 60.3 cm³/mol. The normalized spacial score (nSPS) is 10.3. The van der Waals surface area contributed by atoms with Crippen LogP contribution in [0.2, 0.25) is 0 Å². The summed E-state index contributed by atoms with van der Waals surface area (Å²) in [5.74, 6) is -0.945. The molecule has 0 spiro atoms. The molecule has 2 aromatic rings. The van der Waals surface area contributed by atoms with Crippen molar-refractivity contribution in [3.8, 4) is 17.0 Å². The van der Waals surface area contributed by atoms with E-state index in [0.717, 1.165) is 0 Å². The van der Waals surface area contributed by atoms with Gasteiger partial charge < -0.3 is 10.2 Å². The van der Waals surface area contributed by atoms with Gasteiger partial charge in [0.2, 0.25) is 0 Å². The Morgan fingerprint density at radius 2 is 1.94 bits per heavy atom. The Morgan fingerprint density at radius 1 is 1.31 bits per heavy atom. The highest BCUT2D eigenvalue weighted by Gasteiger charge is 2.19. The summed E-state index contributed by atoms with van der Waals surface area (Å²) in [5.41, 5.74) is 1.03. The number of rotatable bonds is 2. The number of benzene rings is 1. The quantitative estimate of drug-likeness (QED) is 0.789. The zero-order valence-electron chi connectivity index (χ0n) is 7.94. The number of carboxylic acid groups (broad SMARTS) is 1. The summed E-state index contributed by atoms with van der Waals surface area (Å²) in [7, 11) is 0. The van der Waals surface area contributed by atoms with Crippen LogP contribution in [0.25, 0.3) is 11.3 Å². The Balaban J connectivity index is 2.56. The predicted octanol–water partition coefficient (Wildman–Crippen LogP) is 2.24. The summed E-state index contributed by atoms with van der Waals surface area (Å²) >= 11 is 3.08. The fourth-order valence-electron chi connectivity index (χ4n) is 1.34. The van der Waals surface area contributed by atoms with Gasteiger partial charge in [-0.25, -0.2) is 4.79 Å². The van der Waals surface area contributed by atoms with Crippen LogP contribution in [0.1, 0.15) is 10.4 Å². The van der Waals surface area contributed by atoms with Gasteiger partial charge in [0.25, 0.3) is 0 Å². The first-order valence-corrected chi connectivity index (χ1v) is 5.15. The van der Waals surface area contributed by atoms with Crippen LogP contribution in [0.15, 0.2) is 28.9 Å². The number of nitrogens with one attached hydrogen (secondary N) is 1. The average Bonchev–Trinajstić information content (AvgIpc) is 2.61. The highest BCUT2D eigenvalue weighted by Crippen LogP contribution is 2.27. The van der Waals surface area contributed by atoms with E-state index in [1.165, 1.54) is 12.1 Å². The van der Waals surface area contributed by atoms with E-state index in [9.17, 15) is 4.79 Å². The van der Waals surface area contributed by atoms with Gasteiger partial charge in [-0.15, -0.1) is 0 Å². The summed E-state index contributed by atoms with van der Waals surface area (Å²) in [6, 6.07) is 6.15. The maximum atomic E-state index is 11.0. The lowest BCUT2D eigenvalue weighted by Crippen LogP contribution is -1.97. The molecular weight excluding hydrogens is 276 g/mol. The van der Waals surface area contributed by atoms with Crippen molar-refractivity contribution in [1.29, 1.82) is 0 Å². The Kier molecular flexibility index (Phi) is 2.66. The van der Waals surface area contributed by atoms with Crippen LogP contribution in [-0.2, 0) is 0 Å². The second-order valence-corrected chi connectivity index (χ2v) is 3.91.